The topological polar surface area (TPSA) is 75.9 Å². The molecule has 1 atom stereocenters. The van der Waals surface area contributed by atoms with Crippen LogP contribution in [-0.4, -0.2) is 50.2 Å². The molecule has 33 heavy (non-hydrogen) atoms. The number of nitrogens with zero attached hydrogens (tertiary/aromatic N) is 5. The van der Waals surface area contributed by atoms with E-state index in [0.717, 1.165) is 44.2 Å². The van der Waals surface area contributed by atoms with Gasteiger partial charge in [0, 0.05) is 38.8 Å². The number of amides is 1. The zero-order valence-electron chi connectivity index (χ0n) is 19.6. The summed E-state index contributed by atoms with van der Waals surface area (Å²) in [7, 11) is 0. The van der Waals surface area contributed by atoms with Gasteiger partial charge in [0.15, 0.2) is 5.82 Å². The van der Waals surface area contributed by atoms with Crippen LogP contribution < -0.4 is 5.32 Å². The van der Waals surface area contributed by atoms with Crippen LogP contribution in [0.15, 0.2) is 60.3 Å². The predicted molar refractivity (Wildman–Crippen MR) is 130 cm³/mol. The van der Waals surface area contributed by atoms with Gasteiger partial charge in [0.2, 0.25) is 0 Å². The summed E-state index contributed by atoms with van der Waals surface area (Å²) in [6, 6.07) is 15.5. The van der Waals surface area contributed by atoms with Crippen LogP contribution in [0.2, 0.25) is 0 Å². The number of carbonyl (C=O) groups is 1. The van der Waals surface area contributed by atoms with Gasteiger partial charge in [0.25, 0.3) is 5.91 Å². The summed E-state index contributed by atoms with van der Waals surface area (Å²) in [6.45, 7) is 9.94. The van der Waals surface area contributed by atoms with Crippen molar-refractivity contribution in [1.29, 1.82) is 0 Å². The highest BCUT2D eigenvalue weighted by atomic mass is 16.2. The summed E-state index contributed by atoms with van der Waals surface area (Å²) < 4.78 is 2.19. The maximum atomic E-state index is 12.8. The zero-order chi connectivity index (χ0) is 23.2. The van der Waals surface area contributed by atoms with Crippen molar-refractivity contribution < 1.29 is 4.79 Å². The lowest BCUT2D eigenvalue weighted by Crippen LogP contribution is -2.35. The molecule has 172 valence electrons. The molecule has 0 radical (unpaired) electrons. The Morgan fingerprint density at radius 2 is 1.85 bits per heavy atom. The van der Waals surface area contributed by atoms with Crippen molar-refractivity contribution in [3.05, 3.63) is 83.2 Å². The molecule has 3 aromatic rings. The van der Waals surface area contributed by atoms with E-state index < -0.39 is 0 Å². The summed E-state index contributed by atoms with van der Waals surface area (Å²) >= 11 is 0. The molecule has 0 bridgehead atoms. The first kappa shape index (κ1) is 22.9. The lowest BCUT2D eigenvalue weighted by Gasteiger charge is -2.23. The fourth-order valence-electron chi connectivity index (χ4n) is 4.25. The Balaban J connectivity index is 1.45. The Morgan fingerprint density at radius 1 is 1.06 bits per heavy atom. The monoisotopic (exact) mass is 444 g/mol. The molecular weight excluding hydrogens is 412 g/mol. The van der Waals surface area contributed by atoms with E-state index in [-0.39, 0.29) is 17.9 Å². The maximum absolute atomic E-state index is 12.8. The molecule has 1 N–H and O–H groups in total. The molecule has 0 aliphatic carbocycles. The molecule has 0 unspecified atom stereocenters. The first-order chi connectivity index (χ1) is 16.0. The Hall–Kier alpha value is -3.32. The number of hydrogen-bond acceptors (Lipinski definition) is 5. The second-order valence-corrected chi connectivity index (χ2v) is 8.96. The van der Waals surface area contributed by atoms with Gasteiger partial charge in [-0.25, -0.2) is 0 Å². The SMILES string of the molecule is C/C(=C\c1ccccc1)CN1CCc2nnc([C@H](NC(=O)c3ccccn3)C(C)C)n2CC1. The van der Waals surface area contributed by atoms with Crippen molar-refractivity contribution in [2.45, 2.75) is 39.8 Å². The minimum absolute atomic E-state index is 0.168. The molecule has 3 heterocycles. The summed E-state index contributed by atoms with van der Waals surface area (Å²) in [5.41, 5.74) is 2.97. The summed E-state index contributed by atoms with van der Waals surface area (Å²) in [5, 5.41) is 12.1. The number of pyridine rings is 1. The highest BCUT2D eigenvalue weighted by Crippen LogP contribution is 2.23. The quantitative estimate of drug-likeness (QED) is 0.601. The van der Waals surface area contributed by atoms with Crippen LogP contribution >= 0.6 is 0 Å². The third-order valence-corrected chi connectivity index (χ3v) is 5.96. The normalized spacial score (nSPS) is 15.7. The van der Waals surface area contributed by atoms with E-state index in [2.05, 4.69) is 81.1 Å². The molecule has 1 amide bonds. The molecule has 7 heteroatoms. The Bertz CT molecular complexity index is 1090. The summed E-state index contributed by atoms with van der Waals surface area (Å²) in [6.07, 6.45) is 4.72. The first-order valence-corrected chi connectivity index (χ1v) is 11.6. The minimum Gasteiger partial charge on any atom is -0.340 e. The van der Waals surface area contributed by atoms with E-state index in [9.17, 15) is 4.79 Å². The molecule has 7 nitrogen and oxygen atoms in total. The van der Waals surface area contributed by atoms with E-state index in [1.54, 1.807) is 18.3 Å². The van der Waals surface area contributed by atoms with E-state index in [0.29, 0.717) is 5.69 Å². The Morgan fingerprint density at radius 3 is 2.58 bits per heavy atom. The fraction of sp³-hybridized carbons (Fsp3) is 0.385. The predicted octanol–water partition coefficient (Wildman–Crippen LogP) is 3.76. The van der Waals surface area contributed by atoms with Crippen molar-refractivity contribution in [1.82, 2.24) is 30.0 Å². The molecule has 0 saturated heterocycles. The third kappa shape index (κ3) is 5.73. The average Bonchev–Trinajstić information content (AvgIpc) is 3.11. The summed E-state index contributed by atoms with van der Waals surface area (Å²) in [4.78, 5) is 19.4. The molecule has 0 fully saturated rings. The molecule has 1 aliphatic heterocycles. The minimum atomic E-state index is -0.230. The van der Waals surface area contributed by atoms with Gasteiger partial charge in [-0.05, 0) is 30.5 Å². The number of nitrogens with one attached hydrogen (secondary N) is 1. The zero-order valence-corrected chi connectivity index (χ0v) is 19.6. The van der Waals surface area contributed by atoms with E-state index in [1.807, 2.05) is 12.1 Å². The third-order valence-electron chi connectivity index (χ3n) is 5.96. The smallest absolute Gasteiger partial charge is 0.270 e. The van der Waals surface area contributed by atoms with Crippen molar-refractivity contribution in [2.24, 2.45) is 5.92 Å². The van der Waals surface area contributed by atoms with Gasteiger partial charge in [-0.15, -0.1) is 10.2 Å². The molecular formula is C26H32N6O. The number of fused-ring (bicyclic) bond motifs is 1. The maximum Gasteiger partial charge on any atom is 0.270 e. The van der Waals surface area contributed by atoms with Crippen LogP contribution in [0, 0.1) is 5.92 Å². The first-order valence-electron chi connectivity index (χ1n) is 11.6. The number of hydrogen-bond donors (Lipinski definition) is 1. The van der Waals surface area contributed by atoms with Gasteiger partial charge in [0.1, 0.15) is 11.5 Å². The van der Waals surface area contributed by atoms with Gasteiger partial charge >= 0.3 is 0 Å². The lowest BCUT2D eigenvalue weighted by molar-refractivity contribution is 0.0916. The molecule has 4 rings (SSSR count). The summed E-state index contributed by atoms with van der Waals surface area (Å²) in [5.74, 6) is 1.78. The van der Waals surface area contributed by atoms with Crippen LogP contribution in [-0.2, 0) is 13.0 Å². The number of aromatic nitrogens is 4. The fourth-order valence-corrected chi connectivity index (χ4v) is 4.25. The van der Waals surface area contributed by atoms with Gasteiger partial charge in [0.05, 0.1) is 6.04 Å². The molecule has 0 saturated carbocycles. The molecule has 1 aliphatic rings. The van der Waals surface area contributed by atoms with Crippen LogP contribution in [0.4, 0.5) is 0 Å². The second kappa shape index (κ2) is 10.5. The molecule has 0 spiro atoms. The highest BCUT2D eigenvalue weighted by Gasteiger charge is 2.28. The van der Waals surface area contributed by atoms with Crippen molar-refractivity contribution >= 4 is 12.0 Å². The van der Waals surface area contributed by atoms with Gasteiger partial charge < -0.3 is 9.88 Å². The van der Waals surface area contributed by atoms with Gasteiger partial charge in [-0.2, -0.15) is 0 Å². The van der Waals surface area contributed by atoms with Gasteiger partial charge in [-0.1, -0.05) is 61.9 Å². The van der Waals surface area contributed by atoms with Crippen molar-refractivity contribution in [2.75, 3.05) is 19.6 Å². The van der Waals surface area contributed by atoms with Crippen LogP contribution in [0.1, 0.15) is 54.5 Å². The number of carbonyl (C=O) groups excluding carboxylic acids is 1. The Kier molecular flexibility index (Phi) is 7.29. The number of benzene rings is 1. The van der Waals surface area contributed by atoms with E-state index in [1.165, 1.54) is 11.1 Å². The molecule has 1 aromatic carbocycles. The Labute approximate surface area is 195 Å². The largest absolute Gasteiger partial charge is 0.340 e. The van der Waals surface area contributed by atoms with E-state index in [4.69, 9.17) is 0 Å². The second-order valence-electron chi connectivity index (χ2n) is 8.96. The van der Waals surface area contributed by atoms with E-state index >= 15 is 0 Å². The van der Waals surface area contributed by atoms with Gasteiger partial charge in [-0.3, -0.25) is 14.7 Å². The van der Waals surface area contributed by atoms with Crippen LogP contribution in [0.3, 0.4) is 0 Å². The average molecular weight is 445 g/mol. The standard InChI is InChI=1S/C26H32N6O/c1-19(2)24(28-26(33)22-11-7-8-13-27-22)25-30-29-23-12-14-31(15-16-32(23)25)18-20(3)17-21-9-5-4-6-10-21/h4-11,13,17,19,24H,12,14-16,18H2,1-3H3,(H,28,33)/b20-17+/t24-/m1/s1. The number of rotatable bonds is 7. The molecule has 2 aromatic heterocycles. The highest BCUT2D eigenvalue weighted by molar-refractivity contribution is 5.92. The van der Waals surface area contributed by atoms with Crippen LogP contribution in [0.5, 0.6) is 0 Å². The van der Waals surface area contributed by atoms with Crippen molar-refractivity contribution in [3.63, 3.8) is 0 Å². The lowest BCUT2D eigenvalue weighted by atomic mass is 10.0. The van der Waals surface area contributed by atoms with Crippen molar-refractivity contribution in [3.8, 4) is 0 Å². The van der Waals surface area contributed by atoms with Crippen LogP contribution in [0.25, 0.3) is 6.08 Å².